The third-order valence-electron chi connectivity index (χ3n) is 2.53. The van der Waals surface area contributed by atoms with Crippen molar-refractivity contribution >= 4 is 32.2 Å². The van der Waals surface area contributed by atoms with E-state index < -0.39 is 10.0 Å². The molecule has 0 saturated carbocycles. The summed E-state index contributed by atoms with van der Waals surface area (Å²) in [7, 11) is -3.64. The van der Waals surface area contributed by atoms with Crippen LogP contribution in [0.15, 0.2) is 62.3 Å². The fraction of sp³-hybridized carbons (Fsp3) is 0.0714. The Labute approximate surface area is 121 Å². The summed E-state index contributed by atoms with van der Waals surface area (Å²) >= 11 is 3.26. The van der Waals surface area contributed by atoms with E-state index in [1.165, 1.54) is 18.3 Å². The van der Waals surface area contributed by atoms with E-state index in [1.54, 1.807) is 12.1 Å². The maximum absolute atomic E-state index is 12.0. The highest BCUT2D eigenvalue weighted by atomic mass is 79.9. The minimum Gasteiger partial charge on any atom is -0.199 e. The first-order valence-electron chi connectivity index (χ1n) is 5.60. The molecule has 2 aromatic rings. The van der Waals surface area contributed by atoms with Crippen LogP contribution < -0.4 is 0 Å². The van der Waals surface area contributed by atoms with E-state index in [1.807, 2.05) is 31.2 Å². The smallest absolute Gasteiger partial charge is 0.199 e. The molecular weight excluding hydrogens is 326 g/mol. The maximum atomic E-state index is 12.0. The van der Waals surface area contributed by atoms with Gasteiger partial charge in [0, 0.05) is 10.7 Å². The Hall–Kier alpha value is -1.46. The van der Waals surface area contributed by atoms with E-state index >= 15 is 0 Å². The highest BCUT2D eigenvalue weighted by Gasteiger charge is 2.10. The Morgan fingerprint density at radius 1 is 1.00 bits per heavy atom. The number of benzene rings is 2. The van der Waals surface area contributed by atoms with Crippen LogP contribution >= 0.6 is 15.9 Å². The van der Waals surface area contributed by atoms with Crippen LogP contribution in [0.2, 0.25) is 0 Å². The van der Waals surface area contributed by atoms with Crippen molar-refractivity contribution in [2.45, 2.75) is 11.8 Å². The molecule has 0 unspecified atom stereocenters. The highest BCUT2D eigenvalue weighted by Crippen LogP contribution is 2.16. The summed E-state index contributed by atoms with van der Waals surface area (Å²) in [5, 5.41) is 0. The summed E-state index contributed by atoms with van der Waals surface area (Å²) in [4.78, 5) is 0.180. The van der Waals surface area contributed by atoms with Gasteiger partial charge in [-0.25, -0.2) is 0 Å². The van der Waals surface area contributed by atoms with Crippen molar-refractivity contribution in [3.8, 4) is 0 Å². The van der Waals surface area contributed by atoms with Gasteiger partial charge in [-0.1, -0.05) is 45.8 Å². The molecule has 0 spiro atoms. The van der Waals surface area contributed by atoms with E-state index in [9.17, 15) is 8.42 Å². The SMILES string of the molecule is Cc1ccc(C=NS(=O)(=O)c2ccc(Br)cc2)cc1. The average Bonchev–Trinajstić information content (AvgIpc) is 2.39. The zero-order chi connectivity index (χ0) is 13.9. The molecule has 2 aromatic carbocycles. The van der Waals surface area contributed by atoms with Crippen molar-refractivity contribution < 1.29 is 8.42 Å². The summed E-state index contributed by atoms with van der Waals surface area (Å²) in [6.07, 6.45) is 1.36. The van der Waals surface area contributed by atoms with Crippen molar-refractivity contribution in [3.05, 3.63) is 64.1 Å². The molecule has 0 atom stereocenters. The molecule has 3 nitrogen and oxygen atoms in total. The van der Waals surface area contributed by atoms with Crippen molar-refractivity contribution in [3.63, 3.8) is 0 Å². The van der Waals surface area contributed by atoms with Crippen molar-refractivity contribution in [2.24, 2.45) is 4.40 Å². The zero-order valence-electron chi connectivity index (χ0n) is 10.2. The topological polar surface area (TPSA) is 46.5 Å². The summed E-state index contributed by atoms with van der Waals surface area (Å²) in [6.45, 7) is 1.97. The van der Waals surface area contributed by atoms with Crippen LogP contribution in [-0.2, 0) is 10.0 Å². The number of halogens is 1. The van der Waals surface area contributed by atoms with Crippen LogP contribution in [-0.4, -0.2) is 14.6 Å². The monoisotopic (exact) mass is 337 g/mol. The molecule has 0 radical (unpaired) electrons. The van der Waals surface area contributed by atoms with Gasteiger partial charge < -0.3 is 0 Å². The highest BCUT2D eigenvalue weighted by molar-refractivity contribution is 9.10. The van der Waals surface area contributed by atoms with Crippen LogP contribution in [0.25, 0.3) is 0 Å². The van der Waals surface area contributed by atoms with E-state index in [4.69, 9.17) is 0 Å². The van der Waals surface area contributed by atoms with Crippen LogP contribution in [0.3, 0.4) is 0 Å². The maximum Gasteiger partial charge on any atom is 0.282 e. The second kappa shape index (κ2) is 5.67. The molecule has 0 heterocycles. The third kappa shape index (κ3) is 3.75. The van der Waals surface area contributed by atoms with Gasteiger partial charge in [-0.2, -0.15) is 12.8 Å². The lowest BCUT2D eigenvalue weighted by Gasteiger charge is -1.99. The molecule has 0 aliphatic heterocycles. The first-order chi connectivity index (χ1) is 8.97. The fourth-order valence-electron chi connectivity index (χ4n) is 1.45. The van der Waals surface area contributed by atoms with Gasteiger partial charge in [0.15, 0.2) is 0 Å². The molecule has 5 heteroatoms. The predicted molar refractivity (Wildman–Crippen MR) is 80.1 cm³/mol. The van der Waals surface area contributed by atoms with Gasteiger partial charge in [0.05, 0.1) is 4.90 Å². The van der Waals surface area contributed by atoms with Gasteiger partial charge in [0.2, 0.25) is 0 Å². The van der Waals surface area contributed by atoms with E-state index in [2.05, 4.69) is 20.3 Å². The van der Waals surface area contributed by atoms with Gasteiger partial charge in [-0.3, -0.25) is 0 Å². The summed E-state index contributed by atoms with van der Waals surface area (Å²) < 4.78 is 28.5. The third-order valence-corrected chi connectivity index (χ3v) is 4.31. The summed E-state index contributed by atoms with van der Waals surface area (Å²) in [5.74, 6) is 0. The molecule has 0 fully saturated rings. The van der Waals surface area contributed by atoms with Crippen molar-refractivity contribution in [1.82, 2.24) is 0 Å². The molecule has 98 valence electrons. The number of hydrogen-bond donors (Lipinski definition) is 0. The van der Waals surface area contributed by atoms with E-state index in [-0.39, 0.29) is 4.90 Å². The Morgan fingerprint density at radius 3 is 2.16 bits per heavy atom. The van der Waals surface area contributed by atoms with Crippen LogP contribution in [0.5, 0.6) is 0 Å². The molecule has 0 aromatic heterocycles. The zero-order valence-corrected chi connectivity index (χ0v) is 12.6. The van der Waals surface area contributed by atoms with Crippen molar-refractivity contribution in [1.29, 1.82) is 0 Å². The molecule has 2 rings (SSSR count). The van der Waals surface area contributed by atoms with E-state index in [0.717, 1.165) is 15.6 Å². The van der Waals surface area contributed by atoms with E-state index in [0.29, 0.717) is 0 Å². The molecular formula is C14H12BrNO2S. The predicted octanol–water partition coefficient (Wildman–Crippen LogP) is 3.57. The number of sulfonamides is 1. The first-order valence-corrected chi connectivity index (χ1v) is 7.83. The molecule has 0 saturated heterocycles. The number of hydrogen-bond acceptors (Lipinski definition) is 2. The number of nitrogens with zero attached hydrogens (tertiary/aromatic N) is 1. The summed E-state index contributed by atoms with van der Waals surface area (Å²) in [5.41, 5.74) is 1.87. The molecule has 0 N–H and O–H groups in total. The Kier molecular flexibility index (Phi) is 4.17. The van der Waals surface area contributed by atoms with Gasteiger partial charge in [0.1, 0.15) is 0 Å². The van der Waals surface area contributed by atoms with Crippen LogP contribution in [0, 0.1) is 6.92 Å². The fourth-order valence-corrected chi connectivity index (χ4v) is 2.58. The minimum atomic E-state index is -3.64. The van der Waals surface area contributed by atoms with Gasteiger partial charge in [-0.05, 0) is 36.8 Å². The lowest BCUT2D eigenvalue weighted by Crippen LogP contribution is -1.97. The summed E-state index contributed by atoms with van der Waals surface area (Å²) in [6, 6.07) is 13.9. The molecule has 0 aliphatic carbocycles. The number of aryl methyl sites for hydroxylation is 1. The molecule has 19 heavy (non-hydrogen) atoms. The van der Waals surface area contributed by atoms with Gasteiger partial charge in [-0.15, -0.1) is 0 Å². The van der Waals surface area contributed by atoms with Crippen molar-refractivity contribution in [2.75, 3.05) is 0 Å². The van der Waals surface area contributed by atoms with Gasteiger partial charge >= 0.3 is 0 Å². The number of rotatable bonds is 3. The Morgan fingerprint density at radius 2 is 1.58 bits per heavy atom. The van der Waals surface area contributed by atoms with Crippen LogP contribution in [0.4, 0.5) is 0 Å². The average molecular weight is 338 g/mol. The molecule has 0 bridgehead atoms. The second-order valence-corrected chi connectivity index (χ2v) is 6.62. The lowest BCUT2D eigenvalue weighted by atomic mass is 10.2. The van der Waals surface area contributed by atoms with Gasteiger partial charge in [0.25, 0.3) is 10.0 Å². The van der Waals surface area contributed by atoms with Crippen LogP contribution in [0.1, 0.15) is 11.1 Å². The molecule has 0 aliphatic rings. The molecule has 0 amide bonds. The normalized spacial score (nSPS) is 11.9. The minimum absolute atomic E-state index is 0.180. The lowest BCUT2D eigenvalue weighted by molar-refractivity contribution is 0.598. The largest absolute Gasteiger partial charge is 0.282 e. The Balaban J connectivity index is 2.26. The Bertz CT molecular complexity index is 689. The standard InChI is InChI=1S/C14H12BrNO2S/c1-11-2-4-12(5-3-11)10-16-19(17,18)14-8-6-13(15)7-9-14/h2-10H,1H3. The quantitative estimate of drug-likeness (QED) is 0.804. The first kappa shape index (κ1) is 14.0. The second-order valence-electron chi connectivity index (χ2n) is 4.07.